The van der Waals surface area contributed by atoms with Crippen molar-refractivity contribution in [2.45, 2.75) is 12.5 Å². The topological polar surface area (TPSA) is 110 Å². The Labute approximate surface area is 77.2 Å². The third kappa shape index (κ3) is 6.46. The van der Waals surface area contributed by atoms with Crippen LogP contribution in [0.15, 0.2) is 0 Å². The lowest BCUT2D eigenvalue weighted by atomic mass is 10.2. The van der Waals surface area contributed by atoms with E-state index in [1.54, 1.807) is 0 Å². The SMILES string of the molecule is CN(CC[C@H](N)C(=O)O)O[SH](=O)=O. The number of hydrogen-bond acceptors (Lipinski definition) is 6. The van der Waals surface area contributed by atoms with Gasteiger partial charge in [-0.05, 0) is 6.42 Å². The molecule has 0 fully saturated rings. The monoisotopic (exact) mass is 212 g/mol. The lowest BCUT2D eigenvalue weighted by molar-refractivity contribution is -0.139. The summed E-state index contributed by atoms with van der Waals surface area (Å²) < 4.78 is 24.2. The first-order chi connectivity index (χ1) is 5.93. The number of thiol groups is 1. The van der Waals surface area contributed by atoms with Crippen LogP contribution in [-0.4, -0.2) is 44.2 Å². The highest BCUT2D eigenvalue weighted by molar-refractivity contribution is 7.67. The number of nitrogens with zero attached hydrogens (tertiary/aromatic N) is 1. The fourth-order valence-electron chi connectivity index (χ4n) is 0.599. The number of hydrogen-bond donors (Lipinski definition) is 3. The summed E-state index contributed by atoms with van der Waals surface area (Å²) in [6.45, 7) is 0.136. The smallest absolute Gasteiger partial charge is 0.320 e. The number of carboxylic acid groups (broad SMARTS) is 1. The number of rotatable bonds is 6. The van der Waals surface area contributed by atoms with Crippen molar-refractivity contribution in [3.8, 4) is 0 Å². The van der Waals surface area contributed by atoms with E-state index >= 15 is 0 Å². The lowest BCUT2D eigenvalue weighted by Gasteiger charge is -2.12. The molecule has 0 bridgehead atoms. The molecule has 0 rings (SSSR count). The summed E-state index contributed by atoms with van der Waals surface area (Å²) in [5.41, 5.74) is 5.16. The fourth-order valence-corrected chi connectivity index (χ4v) is 0.908. The second kappa shape index (κ2) is 5.86. The molecule has 0 aromatic rings. The lowest BCUT2D eigenvalue weighted by Crippen LogP contribution is -2.34. The zero-order valence-electron chi connectivity index (χ0n) is 7.04. The molecule has 0 unspecified atom stereocenters. The molecule has 1 atom stereocenters. The molecule has 0 aliphatic rings. The average molecular weight is 212 g/mol. The van der Waals surface area contributed by atoms with Gasteiger partial charge in [0.1, 0.15) is 6.04 Å². The third-order valence-corrected chi connectivity index (χ3v) is 1.69. The van der Waals surface area contributed by atoms with Gasteiger partial charge in [-0.1, -0.05) is 0 Å². The van der Waals surface area contributed by atoms with Crippen molar-refractivity contribution in [3.05, 3.63) is 0 Å². The van der Waals surface area contributed by atoms with Crippen LogP contribution in [0.25, 0.3) is 0 Å². The Hall–Kier alpha value is -0.700. The fraction of sp³-hybridized carbons (Fsp3) is 0.800. The molecule has 0 aliphatic heterocycles. The molecule has 0 amide bonds. The van der Waals surface area contributed by atoms with Gasteiger partial charge in [-0.25, -0.2) is 8.42 Å². The first-order valence-electron chi connectivity index (χ1n) is 3.45. The van der Waals surface area contributed by atoms with E-state index < -0.39 is 23.0 Å². The number of nitrogens with two attached hydrogens (primary N) is 1. The number of carboxylic acids is 1. The van der Waals surface area contributed by atoms with Crippen molar-refractivity contribution in [1.29, 1.82) is 0 Å². The maximum absolute atomic E-state index is 10.2. The molecule has 0 saturated carbocycles. The van der Waals surface area contributed by atoms with Gasteiger partial charge < -0.3 is 10.8 Å². The highest BCUT2D eigenvalue weighted by atomic mass is 32.2. The van der Waals surface area contributed by atoms with Crippen LogP contribution in [0, 0.1) is 0 Å². The number of carbonyl (C=O) groups is 1. The van der Waals surface area contributed by atoms with Crippen LogP contribution in [0.2, 0.25) is 0 Å². The van der Waals surface area contributed by atoms with E-state index in [2.05, 4.69) is 4.28 Å². The Kier molecular flexibility index (Phi) is 5.55. The van der Waals surface area contributed by atoms with E-state index in [-0.39, 0.29) is 13.0 Å². The molecule has 0 heterocycles. The van der Waals surface area contributed by atoms with Crippen LogP contribution in [0.3, 0.4) is 0 Å². The van der Waals surface area contributed by atoms with E-state index in [0.29, 0.717) is 0 Å². The molecule has 0 radical (unpaired) electrons. The van der Waals surface area contributed by atoms with E-state index in [4.69, 9.17) is 10.8 Å². The van der Waals surface area contributed by atoms with Crippen LogP contribution in [0.4, 0.5) is 0 Å². The largest absolute Gasteiger partial charge is 0.480 e. The molecule has 0 spiro atoms. The van der Waals surface area contributed by atoms with Crippen LogP contribution in [-0.2, 0) is 20.1 Å². The zero-order valence-corrected chi connectivity index (χ0v) is 7.94. The average Bonchev–Trinajstić information content (AvgIpc) is 1.98. The predicted molar refractivity (Wildman–Crippen MR) is 44.3 cm³/mol. The quantitative estimate of drug-likeness (QED) is 0.351. The van der Waals surface area contributed by atoms with Gasteiger partial charge >= 0.3 is 5.97 Å². The minimum Gasteiger partial charge on any atom is -0.480 e. The molecule has 0 aromatic carbocycles. The van der Waals surface area contributed by atoms with Crippen molar-refractivity contribution in [3.63, 3.8) is 0 Å². The molecule has 3 N–H and O–H groups in total. The Morgan fingerprint density at radius 2 is 2.23 bits per heavy atom. The Bertz CT molecular complexity index is 233. The zero-order chi connectivity index (χ0) is 10.4. The normalized spacial score (nSPS) is 13.5. The first kappa shape index (κ1) is 12.3. The van der Waals surface area contributed by atoms with Crippen LogP contribution in [0.5, 0.6) is 0 Å². The van der Waals surface area contributed by atoms with E-state index in [1.165, 1.54) is 7.05 Å². The molecule has 0 saturated heterocycles. The molecular weight excluding hydrogens is 200 g/mol. The van der Waals surface area contributed by atoms with Gasteiger partial charge in [0.15, 0.2) is 0 Å². The summed E-state index contributed by atoms with van der Waals surface area (Å²) >= 11 is 0. The van der Waals surface area contributed by atoms with E-state index in [1.807, 2.05) is 0 Å². The maximum Gasteiger partial charge on any atom is 0.320 e. The van der Waals surface area contributed by atoms with E-state index in [0.717, 1.165) is 5.06 Å². The maximum atomic E-state index is 10.2. The number of hydroxylamine groups is 2. The summed E-state index contributed by atoms with van der Waals surface area (Å²) in [5.74, 6) is -1.13. The van der Waals surface area contributed by atoms with Crippen LogP contribution < -0.4 is 5.73 Å². The predicted octanol–water partition coefficient (Wildman–Crippen LogP) is -1.82. The first-order valence-corrected chi connectivity index (χ1v) is 4.55. The summed E-state index contributed by atoms with van der Waals surface area (Å²) in [7, 11) is -1.57. The molecule has 78 valence electrons. The van der Waals surface area contributed by atoms with Gasteiger partial charge in [-0.3, -0.25) is 4.79 Å². The van der Waals surface area contributed by atoms with Gasteiger partial charge in [-0.15, -0.1) is 0 Å². The molecule has 0 aliphatic carbocycles. The molecular formula is C5H12N2O5S. The van der Waals surface area contributed by atoms with E-state index in [9.17, 15) is 13.2 Å². The van der Waals surface area contributed by atoms with Crippen molar-refractivity contribution in [2.75, 3.05) is 13.6 Å². The Balaban J connectivity index is 3.69. The van der Waals surface area contributed by atoms with Crippen molar-refractivity contribution >= 4 is 17.0 Å². The number of aliphatic carboxylic acids is 1. The summed E-state index contributed by atoms with van der Waals surface area (Å²) in [6, 6.07) is -1.00. The van der Waals surface area contributed by atoms with Crippen LogP contribution in [0.1, 0.15) is 6.42 Å². The highest BCUT2D eigenvalue weighted by Crippen LogP contribution is 1.93. The van der Waals surface area contributed by atoms with Crippen molar-refractivity contribution in [2.24, 2.45) is 5.73 Å². The van der Waals surface area contributed by atoms with Crippen molar-refractivity contribution < 1.29 is 22.6 Å². The van der Waals surface area contributed by atoms with Gasteiger partial charge in [0, 0.05) is 13.6 Å². The molecule has 7 nitrogen and oxygen atoms in total. The second-order valence-electron chi connectivity index (χ2n) is 2.39. The standard InChI is InChI=1S/C5H12N2O5S/c1-7(12-13(10)11)3-2-4(6)5(8)9/h4,13H,2-3,6H2,1H3,(H,8,9)/t4-/m0/s1. The summed E-state index contributed by atoms with van der Waals surface area (Å²) in [5, 5.41) is 9.38. The summed E-state index contributed by atoms with van der Waals surface area (Å²) in [6.07, 6.45) is 0.120. The minimum atomic E-state index is -2.95. The summed E-state index contributed by atoms with van der Waals surface area (Å²) in [4.78, 5) is 10.2. The van der Waals surface area contributed by atoms with Gasteiger partial charge in [0.05, 0.1) is 0 Å². The minimum absolute atomic E-state index is 0.120. The Morgan fingerprint density at radius 1 is 1.69 bits per heavy atom. The molecule has 0 aromatic heterocycles. The third-order valence-electron chi connectivity index (χ3n) is 1.28. The van der Waals surface area contributed by atoms with Gasteiger partial charge in [0.25, 0.3) is 11.0 Å². The Morgan fingerprint density at radius 3 is 2.62 bits per heavy atom. The second-order valence-corrected chi connectivity index (χ2v) is 3.00. The van der Waals surface area contributed by atoms with Crippen molar-refractivity contribution in [1.82, 2.24) is 5.06 Å². The molecule has 13 heavy (non-hydrogen) atoms. The van der Waals surface area contributed by atoms with Crippen LogP contribution >= 0.6 is 0 Å². The van der Waals surface area contributed by atoms with Gasteiger partial charge in [0.2, 0.25) is 0 Å². The molecule has 8 heteroatoms. The highest BCUT2D eigenvalue weighted by Gasteiger charge is 2.12. The van der Waals surface area contributed by atoms with Gasteiger partial charge in [-0.2, -0.15) is 9.35 Å².